The Hall–Kier alpha value is -1.30. The number of rotatable bonds is 5. The van der Waals surface area contributed by atoms with E-state index in [-0.39, 0.29) is 31.0 Å². The van der Waals surface area contributed by atoms with Crippen LogP contribution in [0.1, 0.15) is 25.3 Å². The fourth-order valence-corrected chi connectivity index (χ4v) is 3.44. The Morgan fingerprint density at radius 2 is 1.96 bits per heavy atom. The fraction of sp³-hybridized carbons (Fsp3) is 0.611. The molecular formula is C18H28ClN3O2. The summed E-state index contributed by atoms with van der Waals surface area (Å²) < 4.78 is 5.83. The van der Waals surface area contributed by atoms with Crippen molar-refractivity contribution in [2.45, 2.75) is 32.4 Å². The van der Waals surface area contributed by atoms with Crippen LogP contribution in [0, 0.1) is 5.92 Å². The lowest BCUT2D eigenvalue weighted by molar-refractivity contribution is -0.132. The van der Waals surface area contributed by atoms with Crippen molar-refractivity contribution >= 4 is 18.3 Å². The third-order valence-electron chi connectivity index (χ3n) is 4.92. The van der Waals surface area contributed by atoms with Crippen LogP contribution >= 0.6 is 12.4 Å². The smallest absolute Gasteiger partial charge is 0.260 e. The average molecular weight is 354 g/mol. The Balaban J connectivity index is 0.00000208. The maximum absolute atomic E-state index is 12.1. The number of amides is 1. The first-order valence-electron chi connectivity index (χ1n) is 8.60. The molecule has 6 heteroatoms. The van der Waals surface area contributed by atoms with Crippen LogP contribution < -0.4 is 10.5 Å². The largest absolute Gasteiger partial charge is 0.483 e. The summed E-state index contributed by atoms with van der Waals surface area (Å²) in [5.74, 6) is 1.43. The number of nitrogens with two attached hydrogens (primary N) is 1. The van der Waals surface area contributed by atoms with Crippen molar-refractivity contribution in [3.05, 3.63) is 29.8 Å². The third kappa shape index (κ3) is 4.62. The van der Waals surface area contributed by atoms with Crippen molar-refractivity contribution in [3.8, 4) is 5.75 Å². The maximum Gasteiger partial charge on any atom is 0.260 e. The van der Waals surface area contributed by atoms with Gasteiger partial charge in [0.05, 0.1) is 0 Å². The third-order valence-corrected chi connectivity index (χ3v) is 4.92. The van der Waals surface area contributed by atoms with Crippen LogP contribution in [-0.2, 0) is 11.3 Å². The van der Waals surface area contributed by atoms with E-state index in [1.165, 1.54) is 0 Å². The van der Waals surface area contributed by atoms with Crippen molar-refractivity contribution in [3.63, 3.8) is 0 Å². The number of para-hydroxylation sites is 1. The van der Waals surface area contributed by atoms with E-state index in [2.05, 4.69) is 17.9 Å². The highest BCUT2D eigenvalue weighted by molar-refractivity contribution is 5.85. The first-order valence-corrected chi connectivity index (χ1v) is 8.60. The number of carbonyl (C=O) groups excluding carboxylic acids is 1. The van der Waals surface area contributed by atoms with Gasteiger partial charge in [-0.25, -0.2) is 0 Å². The summed E-state index contributed by atoms with van der Waals surface area (Å²) in [6.45, 7) is 6.83. The molecule has 24 heavy (non-hydrogen) atoms. The van der Waals surface area contributed by atoms with Crippen molar-refractivity contribution < 1.29 is 9.53 Å². The first-order chi connectivity index (χ1) is 11.1. The van der Waals surface area contributed by atoms with E-state index in [0.29, 0.717) is 5.92 Å². The van der Waals surface area contributed by atoms with Gasteiger partial charge in [0.25, 0.3) is 5.91 Å². The molecule has 3 rings (SSSR count). The minimum absolute atomic E-state index is 0. The molecule has 2 aliphatic heterocycles. The highest BCUT2D eigenvalue weighted by Gasteiger charge is 2.27. The van der Waals surface area contributed by atoms with Gasteiger partial charge >= 0.3 is 0 Å². The standard InChI is InChI=1S/C18H27N3O2.ClH/c1-14-10-20(12-16(14)19)11-15-6-2-3-7-17(15)23-13-18(22)21-8-4-5-9-21;/h2-3,6-7,14,16H,4-5,8-13,19H2,1H3;1H. The molecule has 2 atom stereocenters. The van der Waals surface area contributed by atoms with E-state index in [4.69, 9.17) is 10.5 Å². The molecule has 2 N–H and O–H groups in total. The van der Waals surface area contributed by atoms with Crippen LogP contribution in [0.5, 0.6) is 5.75 Å². The Bertz CT molecular complexity index is 539. The van der Waals surface area contributed by atoms with E-state index < -0.39 is 0 Å². The van der Waals surface area contributed by atoms with Gasteiger partial charge in [-0.3, -0.25) is 9.69 Å². The SMILES string of the molecule is CC1CN(Cc2ccccc2OCC(=O)N2CCCC2)CC1N.Cl. The average Bonchev–Trinajstić information content (AvgIpc) is 3.17. The number of nitrogens with zero attached hydrogens (tertiary/aromatic N) is 2. The Kier molecular flexibility index (Phi) is 6.90. The summed E-state index contributed by atoms with van der Waals surface area (Å²) in [5.41, 5.74) is 7.23. The number of halogens is 1. The van der Waals surface area contributed by atoms with Gasteiger partial charge in [0.1, 0.15) is 5.75 Å². The molecule has 2 unspecified atom stereocenters. The lowest BCUT2D eigenvalue weighted by Crippen LogP contribution is -2.32. The van der Waals surface area contributed by atoms with Crippen molar-refractivity contribution in [2.75, 3.05) is 32.8 Å². The predicted molar refractivity (Wildman–Crippen MR) is 97.4 cm³/mol. The minimum Gasteiger partial charge on any atom is -0.483 e. The van der Waals surface area contributed by atoms with Crippen LogP contribution in [0.2, 0.25) is 0 Å². The molecule has 0 bridgehead atoms. The van der Waals surface area contributed by atoms with Crippen LogP contribution in [0.3, 0.4) is 0 Å². The Labute approximate surface area is 150 Å². The topological polar surface area (TPSA) is 58.8 Å². The van der Waals surface area contributed by atoms with Gasteiger partial charge in [0.15, 0.2) is 6.61 Å². The van der Waals surface area contributed by atoms with Crippen LogP contribution in [0.4, 0.5) is 0 Å². The molecule has 0 aromatic heterocycles. The highest BCUT2D eigenvalue weighted by Crippen LogP contribution is 2.23. The molecule has 2 heterocycles. The van der Waals surface area contributed by atoms with E-state index in [9.17, 15) is 4.79 Å². The molecule has 1 amide bonds. The van der Waals surface area contributed by atoms with Crippen LogP contribution in [0.15, 0.2) is 24.3 Å². The van der Waals surface area contributed by atoms with Gasteiger partial charge in [-0.05, 0) is 24.8 Å². The van der Waals surface area contributed by atoms with E-state index >= 15 is 0 Å². The van der Waals surface area contributed by atoms with E-state index in [0.717, 1.165) is 56.9 Å². The molecular weight excluding hydrogens is 326 g/mol. The number of hydrogen-bond donors (Lipinski definition) is 1. The van der Waals surface area contributed by atoms with Crippen molar-refractivity contribution in [1.29, 1.82) is 0 Å². The lowest BCUT2D eigenvalue weighted by Gasteiger charge is -2.19. The molecule has 2 aliphatic rings. The molecule has 5 nitrogen and oxygen atoms in total. The van der Waals surface area contributed by atoms with E-state index in [1.807, 2.05) is 23.1 Å². The van der Waals surface area contributed by atoms with Crippen molar-refractivity contribution in [1.82, 2.24) is 9.80 Å². The summed E-state index contributed by atoms with van der Waals surface area (Å²) >= 11 is 0. The molecule has 0 spiro atoms. The number of likely N-dealkylation sites (tertiary alicyclic amines) is 2. The number of carbonyl (C=O) groups is 1. The van der Waals surface area contributed by atoms with Gasteiger partial charge in [0.2, 0.25) is 0 Å². The zero-order chi connectivity index (χ0) is 16.2. The van der Waals surface area contributed by atoms with Gasteiger partial charge in [-0.15, -0.1) is 12.4 Å². The monoisotopic (exact) mass is 353 g/mol. The molecule has 1 aromatic rings. The first kappa shape index (κ1) is 19.0. The predicted octanol–water partition coefficient (Wildman–Crippen LogP) is 1.89. The van der Waals surface area contributed by atoms with Gasteiger partial charge in [-0.2, -0.15) is 0 Å². The van der Waals surface area contributed by atoms with Gasteiger partial charge in [0, 0.05) is 44.3 Å². The normalized spacial score (nSPS) is 24.0. The van der Waals surface area contributed by atoms with Crippen LogP contribution in [0.25, 0.3) is 0 Å². The highest BCUT2D eigenvalue weighted by atomic mass is 35.5. The Morgan fingerprint density at radius 3 is 2.62 bits per heavy atom. The fourth-order valence-electron chi connectivity index (χ4n) is 3.44. The second-order valence-electron chi connectivity index (χ2n) is 6.82. The molecule has 0 radical (unpaired) electrons. The van der Waals surface area contributed by atoms with Gasteiger partial charge < -0.3 is 15.4 Å². The summed E-state index contributed by atoms with van der Waals surface area (Å²) in [6.07, 6.45) is 2.21. The van der Waals surface area contributed by atoms with E-state index in [1.54, 1.807) is 0 Å². The second kappa shape index (κ2) is 8.70. The zero-order valence-electron chi connectivity index (χ0n) is 14.3. The quantitative estimate of drug-likeness (QED) is 0.878. The van der Waals surface area contributed by atoms with Gasteiger partial charge in [-0.1, -0.05) is 25.1 Å². The molecule has 1 aromatic carbocycles. The zero-order valence-corrected chi connectivity index (χ0v) is 15.1. The molecule has 2 saturated heterocycles. The Morgan fingerprint density at radius 1 is 1.25 bits per heavy atom. The number of ether oxygens (including phenoxy) is 1. The van der Waals surface area contributed by atoms with Crippen LogP contribution in [-0.4, -0.2) is 54.5 Å². The number of benzene rings is 1. The van der Waals surface area contributed by atoms with Crippen molar-refractivity contribution in [2.24, 2.45) is 11.7 Å². The number of hydrogen-bond acceptors (Lipinski definition) is 4. The summed E-state index contributed by atoms with van der Waals surface area (Å²) in [4.78, 5) is 16.4. The molecule has 2 fully saturated rings. The summed E-state index contributed by atoms with van der Waals surface area (Å²) in [6, 6.07) is 8.25. The lowest BCUT2D eigenvalue weighted by atomic mass is 10.1. The molecule has 134 valence electrons. The summed E-state index contributed by atoms with van der Waals surface area (Å²) in [5, 5.41) is 0. The molecule has 0 aliphatic carbocycles. The molecule has 0 saturated carbocycles. The maximum atomic E-state index is 12.1. The minimum atomic E-state index is 0. The summed E-state index contributed by atoms with van der Waals surface area (Å²) in [7, 11) is 0. The second-order valence-corrected chi connectivity index (χ2v) is 6.82.